The Labute approximate surface area is 430 Å². The highest BCUT2D eigenvalue weighted by molar-refractivity contribution is 6.22. The number of hydrogen-bond acceptors (Lipinski definition) is 1. The predicted octanol–water partition coefficient (Wildman–Crippen LogP) is 20.0. The molecule has 0 amide bonds. The molecule has 0 N–H and O–H groups in total. The van der Waals surface area contributed by atoms with E-state index in [0.717, 1.165) is 45.0 Å². The second-order valence-corrected chi connectivity index (χ2v) is 19.2. The summed E-state index contributed by atoms with van der Waals surface area (Å²) < 4.78 is 2.38. The van der Waals surface area contributed by atoms with Gasteiger partial charge in [-0.25, -0.2) is 0 Å². The molecular weight excluding hydrogens is 893 g/mol. The molecule has 0 atom stereocenters. The van der Waals surface area contributed by atoms with Crippen molar-refractivity contribution in [3.05, 3.63) is 291 Å². The van der Waals surface area contributed by atoms with Crippen LogP contribution >= 0.6 is 0 Å². The van der Waals surface area contributed by atoms with Crippen LogP contribution in [0.25, 0.3) is 115 Å². The van der Waals surface area contributed by atoms with Crippen LogP contribution in [0.3, 0.4) is 0 Å². The lowest BCUT2D eigenvalue weighted by Crippen LogP contribution is -2.11. The molecule has 0 aliphatic rings. The van der Waals surface area contributed by atoms with Gasteiger partial charge < -0.3 is 9.47 Å². The fourth-order valence-electron chi connectivity index (χ4n) is 11.5. The van der Waals surface area contributed by atoms with E-state index in [9.17, 15) is 0 Å². The van der Waals surface area contributed by atoms with Gasteiger partial charge in [0.2, 0.25) is 0 Å². The maximum atomic E-state index is 2.44. The average molecular weight is 941 g/mol. The van der Waals surface area contributed by atoms with Crippen molar-refractivity contribution in [1.82, 2.24) is 4.57 Å². The van der Waals surface area contributed by atoms with Crippen LogP contribution < -0.4 is 4.90 Å². The van der Waals surface area contributed by atoms with Gasteiger partial charge in [-0.2, -0.15) is 0 Å². The number of fused-ring (bicyclic) bond motifs is 7. The van der Waals surface area contributed by atoms with Crippen molar-refractivity contribution in [2.24, 2.45) is 0 Å². The number of anilines is 3. The summed E-state index contributed by atoms with van der Waals surface area (Å²) in [6.45, 7) is 0. The fourth-order valence-corrected chi connectivity index (χ4v) is 11.5. The van der Waals surface area contributed by atoms with E-state index in [1.165, 1.54) is 87.5 Å². The molecule has 2 nitrogen and oxygen atoms in total. The summed E-state index contributed by atoms with van der Waals surface area (Å²) in [5.74, 6) is 0. The number of rotatable bonds is 9. The Balaban J connectivity index is 0.952. The standard InChI is InChI=1S/C72H48N2/c1-4-20-51(21-5-1)71-65-32-13-12-30-62(65)63-43-39-56(47-67(63)72(71)52-22-6-2-7-23-52)54-25-18-28-60(46-54)73(59-41-37-50(38-42-59)55-36-35-49-19-10-11-24-53(49)45-55)68-33-16-14-29-61(68)57-40-44-70-66(48-57)64-31-15-17-34-69(64)74(70)58-26-8-3-9-27-58/h1-48H. The van der Waals surface area contributed by atoms with Gasteiger partial charge in [-0.05, 0) is 155 Å². The Hall–Kier alpha value is -9.76. The molecule has 2 heteroatoms. The first-order valence-electron chi connectivity index (χ1n) is 25.5. The Morgan fingerprint density at radius 2 is 0.770 bits per heavy atom. The SMILES string of the molecule is c1ccc(-c2c(-c3ccccc3)c3cc(-c4cccc(N(c5ccc(-c6ccc7ccccc7c6)cc5)c5ccccc5-c5ccc6c(c5)c5ccccc5n6-c5ccccc5)c4)ccc3c3ccccc23)cc1. The molecule has 0 spiro atoms. The van der Waals surface area contributed by atoms with Gasteiger partial charge in [0, 0.05) is 33.4 Å². The number of para-hydroxylation sites is 3. The average Bonchev–Trinajstić information content (AvgIpc) is 3.84. The molecule has 0 aliphatic carbocycles. The minimum absolute atomic E-state index is 1.07. The molecule has 0 aliphatic heterocycles. The second-order valence-electron chi connectivity index (χ2n) is 19.2. The van der Waals surface area contributed by atoms with Gasteiger partial charge in [-0.3, -0.25) is 0 Å². The molecule has 0 radical (unpaired) electrons. The molecule has 74 heavy (non-hydrogen) atoms. The summed E-state index contributed by atoms with van der Waals surface area (Å²) in [5.41, 5.74) is 18.6. The van der Waals surface area contributed by atoms with Crippen molar-refractivity contribution in [1.29, 1.82) is 0 Å². The zero-order chi connectivity index (χ0) is 49.0. The van der Waals surface area contributed by atoms with E-state index in [1.807, 2.05) is 0 Å². The lowest BCUT2D eigenvalue weighted by atomic mass is 9.84. The topological polar surface area (TPSA) is 8.17 Å². The third-order valence-electron chi connectivity index (χ3n) is 14.9. The van der Waals surface area contributed by atoms with E-state index < -0.39 is 0 Å². The normalized spacial score (nSPS) is 11.5. The van der Waals surface area contributed by atoms with Crippen LogP contribution in [0.4, 0.5) is 17.1 Å². The molecule has 0 bridgehead atoms. The van der Waals surface area contributed by atoms with Crippen LogP contribution in [0, 0.1) is 0 Å². The van der Waals surface area contributed by atoms with Gasteiger partial charge in [0.25, 0.3) is 0 Å². The Bertz CT molecular complexity index is 4400. The molecule has 14 rings (SSSR count). The van der Waals surface area contributed by atoms with Crippen LogP contribution in [-0.4, -0.2) is 4.57 Å². The van der Waals surface area contributed by atoms with Gasteiger partial charge in [-0.1, -0.05) is 218 Å². The van der Waals surface area contributed by atoms with E-state index in [1.54, 1.807) is 0 Å². The molecular formula is C72H48N2. The van der Waals surface area contributed by atoms with Gasteiger partial charge >= 0.3 is 0 Å². The smallest absolute Gasteiger partial charge is 0.0541 e. The monoisotopic (exact) mass is 940 g/mol. The Kier molecular flexibility index (Phi) is 10.6. The Morgan fingerprint density at radius 1 is 0.243 bits per heavy atom. The minimum atomic E-state index is 1.07. The highest BCUT2D eigenvalue weighted by Gasteiger charge is 2.22. The largest absolute Gasteiger partial charge is 0.310 e. The summed E-state index contributed by atoms with van der Waals surface area (Å²) in [4.78, 5) is 2.44. The van der Waals surface area contributed by atoms with Gasteiger partial charge in [0.15, 0.2) is 0 Å². The summed E-state index contributed by atoms with van der Waals surface area (Å²) in [6, 6.07) is 107. The molecule has 13 aromatic carbocycles. The summed E-state index contributed by atoms with van der Waals surface area (Å²) in [7, 11) is 0. The molecule has 1 heterocycles. The maximum Gasteiger partial charge on any atom is 0.0541 e. The molecule has 14 aromatic rings. The number of benzene rings is 13. The van der Waals surface area contributed by atoms with E-state index >= 15 is 0 Å². The predicted molar refractivity (Wildman–Crippen MR) is 315 cm³/mol. The van der Waals surface area contributed by atoms with Crippen LogP contribution in [0.1, 0.15) is 0 Å². The molecule has 0 unspecified atom stereocenters. The van der Waals surface area contributed by atoms with Crippen LogP contribution in [0.15, 0.2) is 291 Å². The molecule has 346 valence electrons. The highest BCUT2D eigenvalue weighted by Crippen LogP contribution is 2.47. The second kappa shape index (κ2) is 18.1. The quantitative estimate of drug-likeness (QED) is 0.131. The first kappa shape index (κ1) is 43.1. The van der Waals surface area contributed by atoms with Crippen molar-refractivity contribution in [3.8, 4) is 61.3 Å². The maximum absolute atomic E-state index is 2.44. The number of aromatic nitrogens is 1. The van der Waals surface area contributed by atoms with Gasteiger partial charge in [0.05, 0.1) is 16.7 Å². The van der Waals surface area contributed by atoms with Crippen molar-refractivity contribution >= 4 is 71.2 Å². The van der Waals surface area contributed by atoms with E-state index in [-0.39, 0.29) is 0 Å². The van der Waals surface area contributed by atoms with Gasteiger partial charge in [0.1, 0.15) is 0 Å². The fraction of sp³-hybridized carbons (Fsp3) is 0. The number of nitrogens with zero attached hydrogens (tertiary/aromatic N) is 2. The first-order valence-corrected chi connectivity index (χ1v) is 25.5. The highest BCUT2D eigenvalue weighted by atomic mass is 15.1. The molecule has 0 fully saturated rings. The third kappa shape index (κ3) is 7.43. The molecule has 1 aromatic heterocycles. The van der Waals surface area contributed by atoms with Crippen LogP contribution in [-0.2, 0) is 0 Å². The van der Waals surface area contributed by atoms with E-state index in [0.29, 0.717) is 0 Å². The minimum Gasteiger partial charge on any atom is -0.310 e. The Morgan fingerprint density at radius 3 is 1.55 bits per heavy atom. The lowest BCUT2D eigenvalue weighted by Gasteiger charge is -2.28. The van der Waals surface area contributed by atoms with Crippen LogP contribution in [0.5, 0.6) is 0 Å². The van der Waals surface area contributed by atoms with E-state index in [2.05, 4.69) is 301 Å². The van der Waals surface area contributed by atoms with Crippen molar-refractivity contribution in [3.63, 3.8) is 0 Å². The molecule has 0 saturated carbocycles. The zero-order valence-corrected chi connectivity index (χ0v) is 40.6. The summed E-state index contributed by atoms with van der Waals surface area (Å²) >= 11 is 0. The summed E-state index contributed by atoms with van der Waals surface area (Å²) in [5, 5.41) is 9.90. The van der Waals surface area contributed by atoms with Crippen LogP contribution in [0.2, 0.25) is 0 Å². The zero-order valence-electron chi connectivity index (χ0n) is 40.6. The number of hydrogen-bond donors (Lipinski definition) is 0. The van der Waals surface area contributed by atoms with Crippen molar-refractivity contribution in [2.75, 3.05) is 4.90 Å². The van der Waals surface area contributed by atoms with Gasteiger partial charge in [-0.15, -0.1) is 0 Å². The van der Waals surface area contributed by atoms with Crippen molar-refractivity contribution in [2.45, 2.75) is 0 Å². The lowest BCUT2D eigenvalue weighted by molar-refractivity contribution is 1.18. The first-order chi connectivity index (χ1) is 36.7. The molecule has 0 saturated heterocycles. The van der Waals surface area contributed by atoms with E-state index in [4.69, 9.17) is 0 Å². The van der Waals surface area contributed by atoms with Crippen molar-refractivity contribution < 1.29 is 0 Å². The summed E-state index contributed by atoms with van der Waals surface area (Å²) in [6.07, 6.45) is 0. The third-order valence-corrected chi connectivity index (χ3v) is 14.9.